The Morgan fingerprint density at radius 3 is 0.789 bits per heavy atom. The van der Waals surface area contributed by atoms with E-state index in [1.807, 2.05) is 0 Å². The molecule has 0 saturated heterocycles. The van der Waals surface area contributed by atoms with Crippen LogP contribution in [0.4, 0.5) is 0 Å². The first kappa shape index (κ1) is 104. The molecular formula is C91H152O16P2. The van der Waals surface area contributed by atoms with Gasteiger partial charge in [-0.1, -0.05) is 326 Å². The third-order valence-corrected chi connectivity index (χ3v) is 19.3. The first-order valence-electron chi connectivity index (χ1n) is 42.4. The van der Waals surface area contributed by atoms with E-state index in [9.17, 15) is 43.5 Å². The number of ether oxygens (including phenoxy) is 3. The van der Waals surface area contributed by atoms with Crippen molar-refractivity contribution >= 4 is 33.6 Å². The number of carbonyl (C=O) groups excluding carboxylic acids is 3. The molecule has 0 spiro atoms. The number of phosphoric ester groups is 2. The van der Waals surface area contributed by atoms with E-state index in [2.05, 4.69) is 191 Å². The van der Waals surface area contributed by atoms with E-state index in [-0.39, 0.29) is 19.3 Å². The van der Waals surface area contributed by atoms with Crippen molar-refractivity contribution in [3.8, 4) is 0 Å². The van der Waals surface area contributed by atoms with Crippen LogP contribution in [0.15, 0.2) is 170 Å². The van der Waals surface area contributed by atoms with E-state index in [0.717, 1.165) is 141 Å². The van der Waals surface area contributed by atoms with E-state index >= 15 is 0 Å². The lowest BCUT2D eigenvalue weighted by molar-refractivity contribution is -0.161. The molecule has 0 radical (unpaired) electrons. The Labute approximate surface area is 662 Å². The summed E-state index contributed by atoms with van der Waals surface area (Å²) in [7, 11) is -9.83. The van der Waals surface area contributed by atoms with E-state index < -0.39 is 91.5 Å². The second-order valence-electron chi connectivity index (χ2n) is 27.9. The van der Waals surface area contributed by atoms with Gasteiger partial charge in [-0.15, -0.1) is 0 Å². The standard InChI is InChI=1S/C91H152O16P2/c1-4-7-10-13-16-19-22-25-28-31-33-35-36-37-38-39-40-41-42-43-44-45-46-47-48-50-52-54-56-59-62-65-68-71-74-77-89(94)101-80-86(92)81-103-108(97,98)104-82-87(93)83-105-109(99,100)106-85-88(107-91(96)79-76-73-70-67-64-61-58-53-30-27-24-21-18-15-12-9-6-3)84-102-90(95)78-75-72-69-66-63-60-57-55-51-49-34-32-29-26-23-20-17-14-11-8-5-2/h8-9,11-12,16-21,25-30,33-35,37-38,49,55,57-58,61,63,66,86-88,92-93H,4-7,10,13-15,22-24,31-32,36,39-48,50-54,56,59-60,62,64-65,67-85H2,1-3H3,(H,97,98)(H,99,100)/b11-8-,12-9-,19-16-,20-17-,21-18-,28-25-,29-26-,30-27-,35-33-,38-37-,49-34-,57-55-,61-58-,66-63-. The lowest BCUT2D eigenvalue weighted by Crippen LogP contribution is -2.30. The number of unbranched alkanes of at least 4 members (excludes halogenated alkanes) is 28. The topological polar surface area (TPSA) is 231 Å². The Kier molecular flexibility index (Phi) is 78.5. The molecular weight excluding hydrogens is 1410 g/mol. The molecule has 5 unspecified atom stereocenters. The van der Waals surface area contributed by atoms with Crippen LogP contribution >= 0.6 is 15.6 Å². The summed E-state index contributed by atoms with van der Waals surface area (Å²) >= 11 is 0. The fourth-order valence-corrected chi connectivity index (χ4v) is 12.6. The lowest BCUT2D eigenvalue weighted by Gasteiger charge is -2.21. The SMILES string of the molecule is CC/C=C\C/C=C\C/C=C\C/C=C\C/C=C\C/C=C\CCCCC(=O)OCC(COP(=O)(O)OCC(O)COP(=O)(O)OCC(O)COC(=O)CCCCCCCCCCCCCCCCCCCCC/C=C\C/C=C\C/C=C\C/C=C\CCCCC)OC(=O)CCCCCC/C=C\C/C=C\C/C=C\C/C=C\CC. The van der Waals surface area contributed by atoms with Gasteiger partial charge in [-0.05, 0) is 154 Å². The number of hydrogen-bond donors (Lipinski definition) is 4. The van der Waals surface area contributed by atoms with Gasteiger partial charge in [-0.25, -0.2) is 9.13 Å². The molecule has 18 heteroatoms. The maximum atomic E-state index is 13.0. The highest BCUT2D eigenvalue weighted by molar-refractivity contribution is 7.47. The summed E-state index contributed by atoms with van der Waals surface area (Å²) in [6.45, 7) is 2.35. The van der Waals surface area contributed by atoms with Crippen molar-refractivity contribution in [3.63, 3.8) is 0 Å². The third-order valence-electron chi connectivity index (χ3n) is 17.4. The van der Waals surface area contributed by atoms with Gasteiger partial charge in [0.2, 0.25) is 0 Å². The Balaban J connectivity index is 4.50. The van der Waals surface area contributed by atoms with Crippen molar-refractivity contribution in [2.45, 2.75) is 347 Å². The minimum atomic E-state index is -4.96. The zero-order chi connectivity index (χ0) is 79.4. The van der Waals surface area contributed by atoms with Gasteiger partial charge < -0.3 is 34.2 Å². The second-order valence-corrected chi connectivity index (χ2v) is 30.8. The molecule has 0 aliphatic heterocycles. The van der Waals surface area contributed by atoms with Gasteiger partial charge in [0.1, 0.15) is 25.4 Å². The third kappa shape index (κ3) is 83.7. The Bertz CT molecular complexity index is 2660. The zero-order valence-electron chi connectivity index (χ0n) is 68.2. The van der Waals surface area contributed by atoms with Crippen molar-refractivity contribution in [3.05, 3.63) is 170 Å². The van der Waals surface area contributed by atoms with Crippen LogP contribution in [0.25, 0.3) is 0 Å². The molecule has 0 aromatic rings. The highest BCUT2D eigenvalue weighted by Gasteiger charge is 2.29. The molecule has 0 aliphatic rings. The van der Waals surface area contributed by atoms with Gasteiger partial charge in [-0.2, -0.15) is 0 Å². The smallest absolute Gasteiger partial charge is 0.463 e. The first-order chi connectivity index (χ1) is 53.2. The van der Waals surface area contributed by atoms with Gasteiger partial charge >= 0.3 is 33.6 Å². The molecule has 0 aromatic carbocycles. The molecule has 5 atom stereocenters. The van der Waals surface area contributed by atoms with Crippen LogP contribution in [-0.2, 0) is 55.8 Å². The summed E-state index contributed by atoms with van der Waals surface area (Å²) in [5.41, 5.74) is 0. The first-order valence-corrected chi connectivity index (χ1v) is 45.4. The van der Waals surface area contributed by atoms with Crippen molar-refractivity contribution in [1.82, 2.24) is 0 Å². The van der Waals surface area contributed by atoms with Crippen LogP contribution in [0.3, 0.4) is 0 Å². The van der Waals surface area contributed by atoms with Crippen LogP contribution in [0, 0.1) is 0 Å². The summed E-state index contributed by atoms with van der Waals surface area (Å²) in [4.78, 5) is 58.7. The monoisotopic (exact) mass is 1560 g/mol. The minimum absolute atomic E-state index is 0.0608. The number of aliphatic hydroxyl groups excluding tert-OH is 2. The molecule has 109 heavy (non-hydrogen) atoms. The fourth-order valence-electron chi connectivity index (χ4n) is 11.0. The number of rotatable bonds is 79. The van der Waals surface area contributed by atoms with Gasteiger partial charge in [-0.3, -0.25) is 32.5 Å². The van der Waals surface area contributed by atoms with Crippen molar-refractivity contribution < 1.29 is 75.8 Å². The Morgan fingerprint density at radius 2 is 0.486 bits per heavy atom. The number of aliphatic hydroxyl groups is 2. The van der Waals surface area contributed by atoms with Crippen molar-refractivity contribution in [2.24, 2.45) is 0 Å². The van der Waals surface area contributed by atoms with Crippen LogP contribution in [-0.4, -0.2) is 95.9 Å². The number of hydrogen-bond acceptors (Lipinski definition) is 14. The predicted octanol–water partition coefficient (Wildman–Crippen LogP) is 25.5. The minimum Gasteiger partial charge on any atom is -0.463 e. The molecule has 0 fully saturated rings. The number of allylic oxidation sites excluding steroid dienone is 28. The number of carbonyl (C=O) groups is 3. The largest absolute Gasteiger partial charge is 0.472 e. The van der Waals surface area contributed by atoms with Gasteiger partial charge in [0.05, 0.1) is 26.4 Å². The van der Waals surface area contributed by atoms with Gasteiger partial charge in [0.25, 0.3) is 0 Å². The Hall–Kier alpha value is -5.09. The summed E-state index contributed by atoms with van der Waals surface area (Å²) in [5.74, 6) is -1.66. The normalized spacial score (nSPS) is 14.7. The average Bonchev–Trinajstić information content (AvgIpc) is 0.903. The zero-order valence-corrected chi connectivity index (χ0v) is 70.0. The quantitative estimate of drug-likeness (QED) is 0.0146. The molecule has 0 amide bonds. The highest BCUT2D eigenvalue weighted by atomic mass is 31.2. The van der Waals surface area contributed by atoms with Crippen LogP contribution < -0.4 is 0 Å². The predicted molar refractivity (Wildman–Crippen MR) is 454 cm³/mol. The van der Waals surface area contributed by atoms with Crippen LogP contribution in [0.5, 0.6) is 0 Å². The number of phosphoric acid groups is 2. The highest BCUT2D eigenvalue weighted by Crippen LogP contribution is 2.45. The average molecular weight is 1560 g/mol. The molecule has 0 rings (SSSR count). The summed E-state index contributed by atoms with van der Waals surface area (Å²) in [5, 5.41) is 20.7. The molecule has 0 saturated carbocycles. The molecule has 0 aliphatic carbocycles. The fraction of sp³-hybridized carbons (Fsp3) is 0.659. The summed E-state index contributed by atoms with van der Waals surface area (Å²) < 4.78 is 61.2. The molecule has 622 valence electrons. The summed E-state index contributed by atoms with van der Waals surface area (Å²) in [6.07, 6.45) is 106. The molecule has 0 bridgehead atoms. The lowest BCUT2D eigenvalue weighted by atomic mass is 10.0. The van der Waals surface area contributed by atoms with E-state index in [4.69, 9.17) is 32.3 Å². The molecule has 0 aromatic heterocycles. The summed E-state index contributed by atoms with van der Waals surface area (Å²) in [6, 6.07) is 0. The van der Waals surface area contributed by atoms with Crippen LogP contribution in [0.2, 0.25) is 0 Å². The maximum absolute atomic E-state index is 13.0. The van der Waals surface area contributed by atoms with E-state index in [0.29, 0.717) is 19.3 Å². The number of esters is 3. The van der Waals surface area contributed by atoms with Gasteiger partial charge in [0.15, 0.2) is 6.10 Å². The Morgan fingerprint density at radius 1 is 0.266 bits per heavy atom. The van der Waals surface area contributed by atoms with E-state index in [1.54, 1.807) is 0 Å². The van der Waals surface area contributed by atoms with Crippen molar-refractivity contribution in [2.75, 3.05) is 39.6 Å². The van der Waals surface area contributed by atoms with Gasteiger partial charge in [0, 0.05) is 19.3 Å². The molecule has 16 nitrogen and oxygen atoms in total. The molecule has 4 N–H and O–H groups in total. The van der Waals surface area contributed by atoms with Crippen molar-refractivity contribution in [1.29, 1.82) is 0 Å². The maximum Gasteiger partial charge on any atom is 0.472 e. The van der Waals surface area contributed by atoms with E-state index in [1.165, 1.54) is 128 Å². The second kappa shape index (κ2) is 82.4. The molecule has 0 heterocycles. The van der Waals surface area contributed by atoms with Crippen LogP contribution in [0.1, 0.15) is 329 Å².